The summed E-state index contributed by atoms with van der Waals surface area (Å²) in [7, 11) is 1.55. The maximum Gasteiger partial charge on any atom is 0.338 e. The largest absolute Gasteiger partial charge is 0.496 e. The summed E-state index contributed by atoms with van der Waals surface area (Å²) < 4.78 is 11.2. The maximum atomic E-state index is 12.7. The molecular formula is C20H20BrNO4. The third-order valence-corrected chi connectivity index (χ3v) is 5.08. The molecule has 0 unspecified atom stereocenters. The topological polar surface area (TPSA) is 55.8 Å². The van der Waals surface area contributed by atoms with Gasteiger partial charge in [-0.1, -0.05) is 24.3 Å². The van der Waals surface area contributed by atoms with E-state index in [4.69, 9.17) is 9.47 Å². The minimum absolute atomic E-state index is 0.180. The van der Waals surface area contributed by atoms with Gasteiger partial charge in [-0.05, 0) is 58.6 Å². The Morgan fingerprint density at radius 2 is 1.88 bits per heavy atom. The van der Waals surface area contributed by atoms with E-state index in [1.165, 1.54) is 5.56 Å². The number of amides is 1. The van der Waals surface area contributed by atoms with Gasteiger partial charge in [0, 0.05) is 13.1 Å². The number of ether oxygens (including phenoxy) is 2. The molecule has 1 aliphatic rings. The van der Waals surface area contributed by atoms with E-state index in [2.05, 4.69) is 22.0 Å². The van der Waals surface area contributed by atoms with Crippen molar-refractivity contribution in [1.82, 2.24) is 4.90 Å². The van der Waals surface area contributed by atoms with Crippen LogP contribution in [0.3, 0.4) is 0 Å². The fraction of sp³-hybridized carbons (Fsp3) is 0.300. The van der Waals surface area contributed by atoms with Gasteiger partial charge in [0.2, 0.25) is 0 Å². The Labute approximate surface area is 161 Å². The fourth-order valence-corrected chi connectivity index (χ4v) is 3.55. The van der Waals surface area contributed by atoms with Crippen molar-refractivity contribution >= 4 is 27.8 Å². The molecule has 136 valence electrons. The summed E-state index contributed by atoms with van der Waals surface area (Å²) in [4.78, 5) is 26.7. The Bertz CT molecular complexity index is 836. The molecular weight excluding hydrogens is 398 g/mol. The molecule has 2 aromatic rings. The minimum atomic E-state index is -0.839. The van der Waals surface area contributed by atoms with Crippen LogP contribution in [-0.4, -0.2) is 36.5 Å². The molecule has 0 aliphatic carbocycles. The molecule has 1 amide bonds. The number of esters is 1. The minimum Gasteiger partial charge on any atom is -0.496 e. The molecule has 1 atom stereocenters. The molecule has 0 aromatic heterocycles. The van der Waals surface area contributed by atoms with Crippen molar-refractivity contribution in [2.45, 2.75) is 26.0 Å². The molecule has 26 heavy (non-hydrogen) atoms. The molecule has 6 heteroatoms. The predicted octanol–water partition coefficient (Wildman–Crippen LogP) is 3.59. The second-order valence-corrected chi connectivity index (χ2v) is 7.03. The van der Waals surface area contributed by atoms with Crippen LogP contribution in [0.15, 0.2) is 46.9 Å². The molecule has 0 saturated carbocycles. The van der Waals surface area contributed by atoms with E-state index in [0.717, 1.165) is 12.0 Å². The Morgan fingerprint density at radius 3 is 2.58 bits per heavy atom. The van der Waals surface area contributed by atoms with Crippen LogP contribution < -0.4 is 4.74 Å². The first-order valence-corrected chi connectivity index (χ1v) is 9.19. The van der Waals surface area contributed by atoms with Crippen molar-refractivity contribution in [3.63, 3.8) is 0 Å². The number of halogens is 1. The van der Waals surface area contributed by atoms with Crippen LogP contribution in [0.1, 0.15) is 28.4 Å². The van der Waals surface area contributed by atoms with Gasteiger partial charge >= 0.3 is 5.97 Å². The molecule has 0 bridgehead atoms. The van der Waals surface area contributed by atoms with E-state index < -0.39 is 12.1 Å². The number of methoxy groups -OCH3 is 1. The van der Waals surface area contributed by atoms with Crippen LogP contribution in [0.5, 0.6) is 5.75 Å². The lowest BCUT2D eigenvalue weighted by Crippen LogP contribution is -2.42. The van der Waals surface area contributed by atoms with E-state index in [1.54, 1.807) is 37.1 Å². The maximum absolute atomic E-state index is 12.7. The van der Waals surface area contributed by atoms with Gasteiger partial charge in [0.15, 0.2) is 6.10 Å². The van der Waals surface area contributed by atoms with Crippen LogP contribution in [0.2, 0.25) is 0 Å². The van der Waals surface area contributed by atoms with Gasteiger partial charge in [0.05, 0.1) is 17.1 Å². The smallest absolute Gasteiger partial charge is 0.338 e. The standard InChI is InChI=1S/C20H20BrNO4/c1-13(26-20(24)15-7-8-18(25-2)17(21)11-15)19(23)22-10-9-14-5-3-4-6-16(14)12-22/h3-8,11,13H,9-10,12H2,1-2H3/t13-/m0/s1. The van der Waals surface area contributed by atoms with E-state index >= 15 is 0 Å². The Kier molecular flexibility index (Phi) is 5.61. The lowest BCUT2D eigenvalue weighted by atomic mass is 9.99. The Hall–Kier alpha value is -2.34. The number of fused-ring (bicyclic) bond motifs is 1. The number of benzene rings is 2. The lowest BCUT2D eigenvalue weighted by Gasteiger charge is -2.30. The summed E-state index contributed by atoms with van der Waals surface area (Å²) in [5.41, 5.74) is 2.77. The van der Waals surface area contributed by atoms with Crippen molar-refractivity contribution in [3.8, 4) is 5.75 Å². The van der Waals surface area contributed by atoms with Gasteiger partial charge in [0.25, 0.3) is 5.91 Å². The highest BCUT2D eigenvalue weighted by Gasteiger charge is 2.27. The molecule has 2 aromatic carbocycles. The highest BCUT2D eigenvalue weighted by molar-refractivity contribution is 9.10. The number of hydrogen-bond donors (Lipinski definition) is 0. The summed E-state index contributed by atoms with van der Waals surface area (Å²) in [5, 5.41) is 0. The molecule has 5 nitrogen and oxygen atoms in total. The molecule has 0 saturated heterocycles. The summed E-state index contributed by atoms with van der Waals surface area (Å²) in [6, 6.07) is 13.0. The lowest BCUT2D eigenvalue weighted by molar-refractivity contribution is -0.140. The average molecular weight is 418 g/mol. The summed E-state index contributed by atoms with van der Waals surface area (Å²) in [6.45, 7) is 2.79. The molecule has 0 fully saturated rings. The quantitative estimate of drug-likeness (QED) is 0.713. The van der Waals surface area contributed by atoms with Crippen molar-refractivity contribution in [2.75, 3.05) is 13.7 Å². The first kappa shape index (κ1) is 18.5. The van der Waals surface area contributed by atoms with E-state index in [1.807, 2.05) is 18.2 Å². The molecule has 3 rings (SSSR count). The molecule has 0 spiro atoms. The van der Waals surface area contributed by atoms with Crippen LogP contribution in [0.25, 0.3) is 0 Å². The zero-order chi connectivity index (χ0) is 18.7. The number of nitrogens with zero attached hydrogens (tertiary/aromatic N) is 1. The first-order chi connectivity index (χ1) is 12.5. The van der Waals surface area contributed by atoms with Gasteiger partial charge in [-0.3, -0.25) is 4.79 Å². The number of hydrogen-bond acceptors (Lipinski definition) is 4. The van der Waals surface area contributed by atoms with E-state index in [0.29, 0.717) is 28.9 Å². The monoisotopic (exact) mass is 417 g/mol. The summed E-state index contributed by atoms with van der Waals surface area (Å²) >= 11 is 3.34. The normalized spacial score (nSPS) is 14.3. The average Bonchev–Trinajstić information content (AvgIpc) is 2.66. The highest BCUT2D eigenvalue weighted by Crippen LogP contribution is 2.26. The second-order valence-electron chi connectivity index (χ2n) is 6.18. The van der Waals surface area contributed by atoms with Gasteiger partial charge in [-0.2, -0.15) is 0 Å². The number of carbonyl (C=O) groups is 2. The van der Waals surface area contributed by atoms with Crippen molar-refractivity contribution in [3.05, 3.63) is 63.6 Å². The van der Waals surface area contributed by atoms with Gasteiger partial charge in [-0.15, -0.1) is 0 Å². The van der Waals surface area contributed by atoms with Crippen molar-refractivity contribution in [1.29, 1.82) is 0 Å². The molecule has 0 N–H and O–H groups in total. The summed E-state index contributed by atoms with van der Waals surface area (Å²) in [5.74, 6) is -0.0929. The number of rotatable bonds is 4. The van der Waals surface area contributed by atoms with Crippen molar-refractivity contribution < 1.29 is 19.1 Å². The summed E-state index contributed by atoms with van der Waals surface area (Å²) in [6.07, 6.45) is -0.0257. The number of carbonyl (C=O) groups excluding carboxylic acids is 2. The third kappa shape index (κ3) is 3.90. The van der Waals surface area contributed by atoms with Gasteiger partial charge in [0.1, 0.15) is 5.75 Å². The fourth-order valence-electron chi connectivity index (χ4n) is 3.01. The Balaban J connectivity index is 1.64. The van der Waals surface area contributed by atoms with E-state index in [9.17, 15) is 9.59 Å². The first-order valence-electron chi connectivity index (χ1n) is 8.39. The third-order valence-electron chi connectivity index (χ3n) is 4.46. The van der Waals surface area contributed by atoms with Crippen LogP contribution in [-0.2, 0) is 22.5 Å². The van der Waals surface area contributed by atoms with Gasteiger partial charge < -0.3 is 14.4 Å². The highest BCUT2D eigenvalue weighted by atomic mass is 79.9. The van der Waals surface area contributed by atoms with Gasteiger partial charge in [-0.25, -0.2) is 4.79 Å². The van der Waals surface area contributed by atoms with E-state index in [-0.39, 0.29) is 5.91 Å². The molecule has 1 heterocycles. The van der Waals surface area contributed by atoms with Crippen LogP contribution in [0, 0.1) is 0 Å². The SMILES string of the molecule is COc1ccc(C(=O)O[C@@H](C)C(=O)N2CCc3ccccc3C2)cc1Br. The second kappa shape index (κ2) is 7.91. The van der Waals surface area contributed by atoms with Crippen LogP contribution >= 0.6 is 15.9 Å². The Morgan fingerprint density at radius 1 is 1.15 bits per heavy atom. The molecule has 0 radical (unpaired) electrons. The molecule has 1 aliphatic heterocycles. The van der Waals surface area contributed by atoms with Crippen LogP contribution in [0.4, 0.5) is 0 Å². The zero-order valence-corrected chi connectivity index (χ0v) is 16.3. The van der Waals surface area contributed by atoms with Crippen molar-refractivity contribution in [2.24, 2.45) is 0 Å². The predicted molar refractivity (Wildman–Crippen MR) is 101 cm³/mol. The zero-order valence-electron chi connectivity index (χ0n) is 14.7.